The molecule has 0 aliphatic carbocycles. The van der Waals surface area contributed by atoms with Crippen molar-refractivity contribution in [2.24, 2.45) is 0 Å². The Labute approximate surface area is 125 Å². The molecule has 116 valence electrons. The first kappa shape index (κ1) is 17.0. The fraction of sp³-hybridized carbons (Fsp3) is 0.500. The Morgan fingerprint density at radius 1 is 1.10 bits per heavy atom. The molecule has 0 aliphatic rings. The minimum Gasteiger partial charge on any atom is -0.493 e. The highest BCUT2D eigenvalue weighted by Gasteiger charge is 2.05. The molecule has 0 saturated carbocycles. The van der Waals surface area contributed by atoms with E-state index in [1.807, 2.05) is 26.0 Å². The van der Waals surface area contributed by atoms with Crippen LogP contribution in [0.3, 0.4) is 0 Å². The van der Waals surface area contributed by atoms with Crippen molar-refractivity contribution in [1.29, 1.82) is 0 Å². The lowest BCUT2D eigenvalue weighted by Crippen LogP contribution is -2.27. The molecule has 21 heavy (non-hydrogen) atoms. The number of hydrogen-bond donors (Lipinski definition) is 1. The van der Waals surface area contributed by atoms with Crippen molar-refractivity contribution < 1.29 is 19.1 Å². The van der Waals surface area contributed by atoms with Crippen molar-refractivity contribution in [3.63, 3.8) is 0 Å². The Bertz CT molecular complexity index is 465. The van der Waals surface area contributed by atoms with E-state index in [1.165, 1.54) is 0 Å². The van der Waals surface area contributed by atoms with Crippen LogP contribution in [0.4, 0.5) is 0 Å². The number of esters is 1. The van der Waals surface area contributed by atoms with Crippen molar-refractivity contribution in [3.8, 4) is 5.75 Å². The molecule has 1 aromatic carbocycles. The topological polar surface area (TPSA) is 64.6 Å². The van der Waals surface area contributed by atoms with Gasteiger partial charge in [-0.2, -0.15) is 0 Å². The number of amides is 1. The van der Waals surface area contributed by atoms with Gasteiger partial charge in [-0.1, -0.05) is 6.07 Å². The maximum absolute atomic E-state index is 11.6. The zero-order valence-electron chi connectivity index (χ0n) is 12.9. The maximum atomic E-state index is 11.6. The van der Waals surface area contributed by atoms with Gasteiger partial charge in [0.05, 0.1) is 26.1 Å². The summed E-state index contributed by atoms with van der Waals surface area (Å²) in [5.74, 6) is 0.333. The van der Waals surface area contributed by atoms with E-state index in [-0.39, 0.29) is 24.7 Å². The molecule has 0 unspecified atom stereocenters. The minimum atomic E-state index is -0.302. The van der Waals surface area contributed by atoms with Crippen LogP contribution >= 0.6 is 0 Å². The summed E-state index contributed by atoms with van der Waals surface area (Å²) < 4.78 is 10.3. The van der Waals surface area contributed by atoms with Crippen LogP contribution < -0.4 is 10.1 Å². The lowest BCUT2D eigenvalue weighted by atomic mass is 10.1. The van der Waals surface area contributed by atoms with Gasteiger partial charge in [-0.25, -0.2) is 0 Å². The van der Waals surface area contributed by atoms with E-state index in [2.05, 4.69) is 11.4 Å². The largest absolute Gasteiger partial charge is 0.493 e. The molecule has 0 aromatic heterocycles. The number of nitrogens with one attached hydrogen (secondary N) is 1. The molecule has 0 atom stereocenters. The summed E-state index contributed by atoms with van der Waals surface area (Å²) in [4.78, 5) is 22.7. The van der Waals surface area contributed by atoms with Gasteiger partial charge in [-0.15, -0.1) is 0 Å². The number of carbonyl (C=O) groups excluding carboxylic acids is 2. The van der Waals surface area contributed by atoms with Gasteiger partial charge >= 0.3 is 5.97 Å². The van der Waals surface area contributed by atoms with E-state index in [1.54, 1.807) is 6.92 Å². The molecule has 0 radical (unpaired) electrons. The zero-order valence-corrected chi connectivity index (χ0v) is 12.9. The lowest BCUT2D eigenvalue weighted by Gasteiger charge is -2.08. The molecule has 1 aromatic rings. The maximum Gasteiger partial charge on any atom is 0.307 e. The van der Waals surface area contributed by atoms with Gasteiger partial charge in [-0.05, 0) is 44.0 Å². The molecule has 0 heterocycles. The van der Waals surface area contributed by atoms with Crippen LogP contribution in [0.2, 0.25) is 0 Å². The van der Waals surface area contributed by atoms with Gasteiger partial charge < -0.3 is 14.8 Å². The van der Waals surface area contributed by atoms with Crippen molar-refractivity contribution in [2.45, 2.75) is 33.6 Å². The van der Waals surface area contributed by atoms with Gasteiger partial charge in [0.25, 0.3) is 0 Å². The first-order chi connectivity index (χ1) is 10.0. The average molecular weight is 293 g/mol. The Kier molecular flexibility index (Phi) is 7.29. The van der Waals surface area contributed by atoms with Gasteiger partial charge in [0.15, 0.2) is 0 Å². The number of rotatable bonds is 8. The molecule has 5 heteroatoms. The smallest absolute Gasteiger partial charge is 0.307 e. The average Bonchev–Trinajstić information content (AvgIpc) is 2.37. The Morgan fingerprint density at radius 2 is 1.76 bits per heavy atom. The van der Waals surface area contributed by atoms with E-state index in [4.69, 9.17) is 9.47 Å². The van der Waals surface area contributed by atoms with E-state index in [0.29, 0.717) is 19.8 Å². The minimum absolute atomic E-state index is 0.135. The second kappa shape index (κ2) is 9.00. The Balaban J connectivity index is 2.20. The van der Waals surface area contributed by atoms with E-state index >= 15 is 0 Å². The fourth-order valence-electron chi connectivity index (χ4n) is 1.90. The third-order valence-electron chi connectivity index (χ3n) is 2.75. The van der Waals surface area contributed by atoms with E-state index in [9.17, 15) is 9.59 Å². The van der Waals surface area contributed by atoms with Gasteiger partial charge in [-0.3, -0.25) is 9.59 Å². The number of carbonyl (C=O) groups is 2. The molecule has 1 rings (SSSR count). The highest BCUT2D eigenvalue weighted by atomic mass is 16.5. The predicted octanol–water partition coefficient (Wildman–Crippen LogP) is 2.14. The van der Waals surface area contributed by atoms with Crippen LogP contribution in [0.15, 0.2) is 18.2 Å². The summed E-state index contributed by atoms with van der Waals surface area (Å²) in [7, 11) is 0. The summed E-state index contributed by atoms with van der Waals surface area (Å²) in [5, 5.41) is 2.66. The van der Waals surface area contributed by atoms with Crippen molar-refractivity contribution in [2.75, 3.05) is 19.8 Å². The van der Waals surface area contributed by atoms with Crippen molar-refractivity contribution in [1.82, 2.24) is 5.32 Å². The second-order valence-corrected chi connectivity index (χ2v) is 4.83. The first-order valence-corrected chi connectivity index (χ1v) is 7.14. The molecule has 0 bridgehead atoms. The van der Waals surface area contributed by atoms with E-state index < -0.39 is 0 Å². The van der Waals surface area contributed by atoms with Crippen LogP contribution in [0, 0.1) is 13.8 Å². The summed E-state index contributed by atoms with van der Waals surface area (Å²) in [6, 6.07) is 5.94. The van der Waals surface area contributed by atoms with Crippen molar-refractivity contribution >= 4 is 11.9 Å². The second-order valence-electron chi connectivity index (χ2n) is 4.83. The molecule has 0 saturated heterocycles. The molecule has 0 spiro atoms. The van der Waals surface area contributed by atoms with Crippen LogP contribution in [-0.2, 0) is 14.3 Å². The van der Waals surface area contributed by atoms with Crippen LogP contribution in [-0.4, -0.2) is 31.6 Å². The Morgan fingerprint density at radius 3 is 2.38 bits per heavy atom. The molecule has 1 amide bonds. The molecule has 5 nitrogen and oxygen atoms in total. The van der Waals surface area contributed by atoms with Crippen LogP contribution in [0.5, 0.6) is 5.75 Å². The molecule has 0 aliphatic heterocycles. The first-order valence-electron chi connectivity index (χ1n) is 7.14. The van der Waals surface area contributed by atoms with Gasteiger partial charge in [0.1, 0.15) is 5.75 Å². The highest BCUT2D eigenvalue weighted by molar-refractivity contribution is 5.77. The molecular weight excluding hydrogens is 270 g/mol. The standard InChI is InChI=1S/C16H23NO4/c1-4-20-16(19)5-7-17-15(18)6-8-21-14-10-12(2)9-13(3)11-14/h9-11H,4-8H2,1-3H3,(H,17,18). The summed E-state index contributed by atoms with van der Waals surface area (Å²) >= 11 is 0. The van der Waals surface area contributed by atoms with Crippen molar-refractivity contribution in [3.05, 3.63) is 29.3 Å². The lowest BCUT2D eigenvalue weighted by molar-refractivity contribution is -0.143. The summed E-state index contributed by atoms with van der Waals surface area (Å²) in [6.07, 6.45) is 0.452. The third-order valence-corrected chi connectivity index (χ3v) is 2.75. The number of benzene rings is 1. The van der Waals surface area contributed by atoms with Gasteiger partial charge in [0, 0.05) is 6.54 Å². The zero-order chi connectivity index (χ0) is 15.7. The normalized spacial score (nSPS) is 10.0. The fourth-order valence-corrected chi connectivity index (χ4v) is 1.90. The number of ether oxygens (including phenoxy) is 2. The molecular formula is C16H23NO4. The Hall–Kier alpha value is -2.04. The van der Waals surface area contributed by atoms with Crippen LogP contribution in [0.25, 0.3) is 0 Å². The highest BCUT2D eigenvalue weighted by Crippen LogP contribution is 2.16. The SMILES string of the molecule is CCOC(=O)CCNC(=O)CCOc1cc(C)cc(C)c1. The van der Waals surface area contributed by atoms with Crippen LogP contribution in [0.1, 0.15) is 30.9 Å². The quantitative estimate of drug-likeness (QED) is 0.746. The predicted molar refractivity (Wildman–Crippen MR) is 80.3 cm³/mol. The van der Waals surface area contributed by atoms with E-state index in [0.717, 1.165) is 16.9 Å². The number of aryl methyl sites for hydroxylation is 2. The summed E-state index contributed by atoms with van der Waals surface area (Å²) in [5.41, 5.74) is 2.26. The summed E-state index contributed by atoms with van der Waals surface area (Å²) in [6.45, 7) is 6.72. The van der Waals surface area contributed by atoms with Gasteiger partial charge in [0.2, 0.25) is 5.91 Å². The third kappa shape index (κ3) is 7.34. The monoisotopic (exact) mass is 293 g/mol. The molecule has 1 N–H and O–H groups in total. The molecule has 0 fully saturated rings. The number of hydrogen-bond acceptors (Lipinski definition) is 4.